The van der Waals surface area contributed by atoms with E-state index in [4.69, 9.17) is 0 Å². The van der Waals surface area contributed by atoms with Crippen molar-refractivity contribution in [2.75, 3.05) is 33.1 Å². The molecule has 0 N–H and O–H groups in total. The molecule has 2 aromatic rings. The van der Waals surface area contributed by atoms with E-state index < -0.39 is 0 Å². The van der Waals surface area contributed by atoms with E-state index in [1.54, 1.807) is 0 Å². The second kappa shape index (κ2) is 8.76. The highest BCUT2D eigenvalue weighted by atomic mass is 32.2. The molecule has 0 spiro atoms. The van der Waals surface area contributed by atoms with Crippen LogP contribution in [0.1, 0.15) is 11.1 Å². The summed E-state index contributed by atoms with van der Waals surface area (Å²) in [7, 11) is 8.29. The van der Waals surface area contributed by atoms with E-state index in [1.807, 2.05) is 11.8 Å². The summed E-state index contributed by atoms with van der Waals surface area (Å²) in [6, 6.07) is 19.4. The zero-order valence-corrected chi connectivity index (χ0v) is 18.8. The third-order valence-corrected chi connectivity index (χ3v) is 6.38. The quantitative estimate of drug-likeness (QED) is 0.570. The molecule has 0 fully saturated rings. The number of benzene rings is 2. The van der Waals surface area contributed by atoms with Crippen LogP contribution in [-0.4, -0.2) is 38.5 Å². The van der Waals surface area contributed by atoms with Crippen molar-refractivity contribution in [2.24, 2.45) is 0 Å². The lowest BCUT2D eigenvalue weighted by atomic mass is 10.0. The normalized spacial score (nSPS) is 15.8. The Kier molecular flexibility index (Phi) is 5.91. The maximum Gasteiger partial charge on any atom is 0.199 e. The average molecular weight is 412 g/mol. The molecule has 2 aromatic carbocycles. The van der Waals surface area contributed by atoms with Gasteiger partial charge in [0.2, 0.25) is 0 Å². The maximum absolute atomic E-state index is 2.31. The molecule has 1 heterocycles. The average Bonchev–Trinajstić information content (AvgIpc) is 2.79. The van der Waals surface area contributed by atoms with Crippen LogP contribution in [0.4, 0.5) is 5.69 Å². The van der Waals surface area contributed by atoms with Gasteiger partial charge >= 0.3 is 0 Å². The molecule has 1 aliphatic carbocycles. The highest BCUT2D eigenvalue weighted by Crippen LogP contribution is 2.44. The summed E-state index contributed by atoms with van der Waals surface area (Å²) in [5, 5.41) is 0. The van der Waals surface area contributed by atoms with Crippen molar-refractivity contribution in [1.29, 1.82) is 0 Å². The van der Waals surface area contributed by atoms with E-state index in [2.05, 4.69) is 129 Å². The van der Waals surface area contributed by atoms with Crippen molar-refractivity contribution >= 4 is 33.6 Å². The minimum absolute atomic E-state index is 1.21. The second-order valence-electron chi connectivity index (χ2n) is 7.82. The Balaban J connectivity index is 1.77. The van der Waals surface area contributed by atoms with Crippen LogP contribution in [0.25, 0.3) is 10.5 Å². The molecule has 30 heavy (non-hydrogen) atoms. The van der Waals surface area contributed by atoms with Gasteiger partial charge < -0.3 is 4.90 Å². The van der Waals surface area contributed by atoms with Gasteiger partial charge in [0, 0.05) is 41.7 Å². The van der Waals surface area contributed by atoms with Gasteiger partial charge in [0.05, 0.1) is 0 Å². The molecule has 0 saturated heterocycles. The Morgan fingerprint density at radius 2 is 1.40 bits per heavy atom. The van der Waals surface area contributed by atoms with Gasteiger partial charge in [-0.05, 0) is 58.7 Å². The molecule has 2 nitrogen and oxygen atoms in total. The van der Waals surface area contributed by atoms with Crippen LogP contribution in [0.3, 0.4) is 0 Å². The molecule has 0 aromatic heterocycles. The van der Waals surface area contributed by atoms with Crippen molar-refractivity contribution in [1.82, 2.24) is 0 Å². The number of nitrogens with zero attached hydrogens (tertiary/aromatic N) is 2. The summed E-state index contributed by atoms with van der Waals surface area (Å²) in [4.78, 5) is 4.67. The predicted octanol–water partition coefficient (Wildman–Crippen LogP) is 6.02. The Labute approximate surface area is 183 Å². The van der Waals surface area contributed by atoms with E-state index >= 15 is 0 Å². The van der Waals surface area contributed by atoms with Crippen LogP contribution in [0.5, 0.6) is 0 Å². The SMILES string of the molecule is CN(C)c1ccc(C2=CC(c3ccccc3)=CC(=C3C=CC(=[N+](C)C)C=C3)S2)cc1. The summed E-state index contributed by atoms with van der Waals surface area (Å²) in [6.07, 6.45) is 13.4. The highest BCUT2D eigenvalue weighted by molar-refractivity contribution is 8.12. The van der Waals surface area contributed by atoms with E-state index in [0.29, 0.717) is 0 Å². The number of thioether (sulfide) groups is 1. The second-order valence-corrected chi connectivity index (χ2v) is 8.91. The molecule has 4 rings (SSSR count). The summed E-state index contributed by atoms with van der Waals surface area (Å²) >= 11 is 1.84. The van der Waals surface area contributed by atoms with Crippen molar-refractivity contribution in [2.45, 2.75) is 0 Å². The number of hydrogen-bond donors (Lipinski definition) is 0. The van der Waals surface area contributed by atoms with E-state index in [9.17, 15) is 0 Å². The predicted molar refractivity (Wildman–Crippen MR) is 133 cm³/mol. The monoisotopic (exact) mass is 411 g/mol. The van der Waals surface area contributed by atoms with Crippen molar-refractivity contribution in [3.8, 4) is 0 Å². The van der Waals surface area contributed by atoms with Crippen molar-refractivity contribution in [3.63, 3.8) is 0 Å². The largest absolute Gasteiger partial charge is 0.378 e. The molecular formula is C27H27N2S+. The lowest BCUT2D eigenvalue weighted by Gasteiger charge is -2.19. The van der Waals surface area contributed by atoms with Crippen molar-refractivity contribution in [3.05, 3.63) is 113 Å². The molecule has 3 heteroatoms. The van der Waals surface area contributed by atoms with E-state index in [1.165, 1.54) is 43.5 Å². The van der Waals surface area contributed by atoms with Crippen LogP contribution in [0.15, 0.2) is 102 Å². The maximum atomic E-state index is 2.31. The number of anilines is 1. The molecule has 0 bridgehead atoms. The molecule has 150 valence electrons. The van der Waals surface area contributed by atoms with Crippen LogP contribution in [0.2, 0.25) is 0 Å². The van der Waals surface area contributed by atoms with Crippen LogP contribution >= 0.6 is 11.8 Å². The Hall–Kier alpha value is -3.04. The first-order valence-electron chi connectivity index (χ1n) is 10.1. The van der Waals surface area contributed by atoms with E-state index in [-0.39, 0.29) is 0 Å². The minimum Gasteiger partial charge on any atom is -0.378 e. The van der Waals surface area contributed by atoms with Gasteiger partial charge in [-0.3, -0.25) is 0 Å². The van der Waals surface area contributed by atoms with Crippen LogP contribution < -0.4 is 4.90 Å². The Morgan fingerprint density at radius 1 is 0.733 bits per heavy atom. The van der Waals surface area contributed by atoms with Gasteiger partial charge in [0.15, 0.2) is 5.71 Å². The fourth-order valence-corrected chi connectivity index (χ4v) is 4.55. The van der Waals surface area contributed by atoms with Gasteiger partial charge in [-0.15, -0.1) is 0 Å². The summed E-state index contributed by atoms with van der Waals surface area (Å²) in [6.45, 7) is 0. The smallest absolute Gasteiger partial charge is 0.199 e. The Morgan fingerprint density at radius 3 is 2.00 bits per heavy atom. The first-order valence-corrected chi connectivity index (χ1v) is 10.9. The lowest BCUT2D eigenvalue weighted by Crippen LogP contribution is -2.09. The number of allylic oxidation sites excluding steroid dienone is 8. The van der Waals surface area contributed by atoms with Crippen molar-refractivity contribution < 1.29 is 4.58 Å². The summed E-state index contributed by atoms with van der Waals surface area (Å²) in [5.74, 6) is 0. The molecule has 0 unspecified atom stereocenters. The zero-order chi connectivity index (χ0) is 21.1. The van der Waals surface area contributed by atoms with Gasteiger partial charge in [-0.25, -0.2) is 4.58 Å². The lowest BCUT2D eigenvalue weighted by molar-refractivity contribution is -0.462. The molecule has 0 saturated carbocycles. The molecule has 0 radical (unpaired) electrons. The summed E-state index contributed by atoms with van der Waals surface area (Å²) < 4.78 is 2.13. The van der Waals surface area contributed by atoms with Gasteiger partial charge in [-0.1, -0.05) is 54.2 Å². The summed E-state index contributed by atoms with van der Waals surface area (Å²) in [5.41, 5.74) is 7.39. The third kappa shape index (κ3) is 4.42. The fraction of sp³-hybridized carbons (Fsp3) is 0.148. The number of hydrogen-bond acceptors (Lipinski definition) is 2. The van der Waals surface area contributed by atoms with Crippen LogP contribution in [-0.2, 0) is 0 Å². The Bertz CT molecular complexity index is 1100. The molecule has 1 aliphatic heterocycles. The molecule has 0 amide bonds. The number of rotatable bonds is 3. The minimum atomic E-state index is 1.21. The van der Waals surface area contributed by atoms with Gasteiger partial charge in [-0.2, -0.15) is 0 Å². The topological polar surface area (TPSA) is 6.25 Å². The molecule has 2 aliphatic rings. The first-order chi connectivity index (χ1) is 14.5. The first kappa shape index (κ1) is 20.2. The molecule has 0 atom stereocenters. The van der Waals surface area contributed by atoms with Gasteiger partial charge in [0.25, 0.3) is 0 Å². The third-order valence-electron chi connectivity index (χ3n) is 5.24. The molecular weight excluding hydrogens is 384 g/mol. The standard InChI is InChI=1S/C27H27N2S/c1-28(2)24-14-10-21(11-15-24)26-18-23(20-8-6-5-7-9-20)19-27(30-26)22-12-16-25(17-13-22)29(3)4/h5-19H,1-4H3/q+1. The highest BCUT2D eigenvalue weighted by Gasteiger charge is 2.17. The van der Waals surface area contributed by atoms with Crippen LogP contribution in [0, 0.1) is 0 Å². The fourth-order valence-electron chi connectivity index (χ4n) is 3.43. The van der Waals surface area contributed by atoms with Gasteiger partial charge in [0.1, 0.15) is 14.1 Å². The zero-order valence-electron chi connectivity index (χ0n) is 18.0. The van der Waals surface area contributed by atoms with E-state index in [0.717, 1.165) is 0 Å².